The molecule has 2 aromatic carbocycles. The van der Waals surface area contributed by atoms with Crippen LogP contribution in [0.4, 0.5) is 17.6 Å². The maximum Gasteiger partial charge on any atom is 0.573 e. The number of hydrogen-bond acceptors (Lipinski definition) is 6. The molecule has 1 N–H and O–H groups in total. The lowest BCUT2D eigenvalue weighted by Gasteiger charge is -2.33. The molecule has 0 bridgehead atoms. The van der Waals surface area contributed by atoms with Crippen LogP contribution in [0.5, 0.6) is 11.5 Å². The van der Waals surface area contributed by atoms with Gasteiger partial charge in [-0.05, 0) is 73.5 Å². The van der Waals surface area contributed by atoms with Crippen molar-refractivity contribution in [3.8, 4) is 11.5 Å². The molecule has 1 atom stereocenters. The molecule has 4 rings (SSSR count). The smallest absolute Gasteiger partial charge is 0.489 e. The van der Waals surface area contributed by atoms with Gasteiger partial charge < -0.3 is 9.47 Å². The lowest BCUT2D eigenvalue weighted by molar-refractivity contribution is -0.274. The van der Waals surface area contributed by atoms with Gasteiger partial charge in [0.15, 0.2) is 0 Å². The summed E-state index contributed by atoms with van der Waals surface area (Å²) in [4.78, 5) is 14.3. The zero-order valence-electron chi connectivity index (χ0n) is 19.8. The first kappa shape index (κ1) is 27.5. The number of rotatable bonds is 8. The number of halogens is 5. The topological polar surface area (TPSA) is 84.9 Å². The SMILES string of the molecule is CS(=O)(=O)NC(=O)c1cc(C2CC2)c(O[C@@H]2CCCN(Cc3cc(Cl)cc(OC(F)(F)F)c3)C2)cc1F. The van der Waals surface area contributed by atoms with Crippen molar-refractivity contribution in [2.24, 2.45) is 0 Å². The normalized spacial score (nSPS) is 18.9. The Morgan fingerprint density at radius 1 is 1.16 bits per heavy atom. The number of benzene rings is 2. The number of likely N-dealkylation sites (tertiary alicyclic amines) is 1. The largest absolute Gasteiger partial charge is 0.573 e. The van der Waals surface area contributed by atoms with E-state index in [1.807, 2.05) is 4.90 Å². The number of sulfonamides is 1. The standard InChI is InChI=1S/C24H25ClF4N2O5S/c1-37(33,34)30-23(32)20-10-19(15-4-5-15)22(11-21(20)26)35-17-3-2-6-31(13-17)12-14-7-16(25)9-18(8-14)36-24(27,28)29/h7-11,15,17H,2-6,12-13H2,1H3,(H,30,32)/t17-/m1/s1. The first-order valence-corrected chi connectivity index (χ1v) is 13.8. The molecular weight excluding hydrogens is 540 g/mol. The first-order valence-electron chi connectivity index (χ1n) is 11.6. The third-order valence-corrected chi connectivity index (χ3v) is 6.74. The summed E-state index contributed by atoms with van der Waals surface area (Å²) in [5.74, 6) is -1.97. The Kier molecular flexibility index (Phi) is 7.91. The fourth-order valence-electron chi connectivity index (χ4n) is 4.38. The van der Waals surface area contributed by atoms with E-state index in [1.165, 1.54) is 12.1 Å². The van der Waals surface area contributed by atoms with Crippen molar-refractivity contribution in [2.75, 3.05) is 19.3 Å². The molecule has 13 heteroatoms. The molecule has 0 unspecified atom stereocenters. The molecular formula is C24H25ClF4N2O5S. The van der Waals surface area contributed by atoms with Crippen molar-refractivity contribution in [3.05, 3.63) is 57.9 Å². The number of carbonyl (C=O) groups is 1. The van der Waals surface area contributed by atoms with E-state index in [0.29, 0.717) is 42.9 Å². The highest BCUT2D eigenvalue weighted by atomic mass is 35.5. The zero-order valence-corrected chi connectivity index (χ0v) is 21.4. The van der Waals surface area contributed by atoms with Gasteiger partial charge in [0.1, 0.15) is 23.4 Å². The van der Waals surface area contributed by atoms with Gasteiger partial charge in [0, 0.05) is 24.2 Å². The molecule has 2 aliphatic rings. The maximum absolute atomic E-state index is 14.8. The molecule has 37 heavy (non-hydrogen) atoms. The van der Waals surface area contributed by atoms with E-state index in [-0.39, 0.29) is 22.6 Å². The minimum atomic E-state index is -4.83. The predicted octanol–water partition coefficient (Wildman–Crippen LogP) is 4.99. The average Bonchev–Trinajstić information content (AvgIpc) is 3.56. The van der Waals surface area contributed by atoms with Crippen LogP contribution in [0, 0.1) is 5.82 Å². The quantitative estimate of drug-likeness (QED) is 0.455. The van der Waals surface area contributed by atoms with Crippen LogP contribution in [0.2, 0.25) is 5.02 Å². The molecule has 0 spiro atoms. The summed E-state index contributed by atoms with van der Waals surface area (Å²) in [6, 6.07) is 6.40. The monoisotopic (exact) mass is 564 g/mol. The van der Waals surface area contributed by atoms with Crippen molar-refractivity contribution in [1.82, 2.24) is 9.62 Å². The van der Waals surface area contributed by atoms with Gasteiger partial charge in [-0.2, -0.15) is 0 Å². The summed E-state index contributed by atoms with van der Waals surface area (Å²) in [7, 11) is -3.86. The van der Waals surface area contributed by atoms with E-state index < -0.39 is 33.9 Å². The van der Waals surface area contributed by atoms with Gasteiger partial charge in [0.25, 0.3) is 5.91 Å². The minimum Gasteiger partial charge on any atom is -0.489 e. The molecule has 202 valence electrons. The second kappa shape index (κ2) is 10.7. The predicted molar refractivity (Wildman–Crippen MR) is 128 cm³/mol. The number of carbonyl (C=O) groups excluding carboxylic acids is 1. The highest BCUT2D eigenvalue weighted by molar-refractivity contribution is 7.89. The Morgan fingerprint density at radius 2 is 1.89 bits per heavy atom. The number of nitrogens with zero attached hydrogens (tertiary/aromatic N) is 1. The molecule has 1 aliphatic heterocycles. The minimum absolute atomic E-state index is 0.0820. The van der Waals surface area contributed by atoms with Gasteiger partial charge in [0.05, 0.1) is 11.8 Å². The van der Waals surface area contributed by atoms with E-state index in [0.717, 1.165) is 37.7 Å². The van der Waals surface area contributed by atoms with Gasteiger partial charge in [-0.15, -0.1) is 13.2 Å². The summed E-state index contributed by atoms with van der Waals surface area (Å²) in [6.07, 6.45) is -1.26. The van der Waals surface area contributed by atoms with Gasteiger partial charge in [-0.25, -0.2) is 17.5 Å². The molecule has 1 saturated carbocycles. The van der Waals surface area contributed by atoms with E-state index in [1.54, 1.807) is 10.8 Å². The molecule has 0 aromatic heterocycles. The number of alkyl halides is 3. The number of amides is 1. The number of piperidine rings is 1. The highest BCUT2D eigenvalue weighted by Crippen LogP contribution is 2.45. The Balaban J connectivity index is 1.47. The summed E-state index contributed by atoms with van der Waals surface area (Å²) >= 11 is 5.98. The van der Waals surface area contributed by atoms with E-state index >= 15 is 0 Å². The third-order valence-electron chi connectivity index (χ3n) is 5.97. The average molecular weight is 565 g/mol. The van der Waals surface area contributed by atoms with Crippen molar-refractivity contribution in [3.63, 3.8) is 0 Å². The van der Waals surface area contributed by atoms with E-state index in [9.17, 15) is 30.8 Å². The Bertz CT molecular complexity index is 1280. The summed E-state index contributed by atoms with van der Waals surface area (Å²) in [5, 5.41) is 0.117. The Labute approximate surface area is 216 Å². The lowest BCUT2D eigenvalue weighted by Crippen LogP contribution is -2.40. The summed E-state index contributed by atoms with van der Waals surface area (Å²) < 4.78 is 87.4. The molecule has 1 aliphatic carbocycles. The second-order valence-corrected chi connectivity index (χ2v) is 11.5. The van der Waals surface area contributed by atoms with Crippen LogP contribution < -0.4 is 14.2 Å². The molecule has 2 fully saturated rings. The number of hydrogen-bond donors (Lipinski definition) is 1. The zero-order chi connectivity index (χ0) is 27.0. The van der Waals surface area contributed by atoms with E-state index in [2.05, 4.69) is 4.74 Å². The summed E-state index contributed by atoms with van der Waals surface area (Å²) in [6.45, 7) is 1.42. The van der Waals surface area contributed by atoms with Gasteiger partial charge in [0.2, 0.25) is 10.0 Å². The van der Waals surface area contributed by atoms with Crippen molar-refractivity contribution in [1.29, 1.82) is 0 Å². The van der Waals surface area contributed by atoms with Gasteiger partial charge >= 0.3 is 6.36 Å². The van der Waals surface area contributed by atoms with Gasteiger partial charge in [-0.3, -0.25) is 9.69 Å². The molecule has 2 aromatic rings. The first-order chi connectivity index (χ1) is 17.3. The fraction of sp³-hybridized carbons (Fsp3) is 0.458. The molecule has 1 amide bonds. The van der Waals surface area contributed by atoms with Crippen molar-refractivity contribution < 1.29 is 40.2 Å². The van der Waals surface area contributed by atoms with Crippen LogP contribution in [0.3, 0.4) is 0 Å². The van der Waals surface area contributed by atoms with Crippen LogP contribution in [0.1, 0.15) is 53.1 Å². The Morgan fingerprint density at radius 3 is 2.54 bits per heavy atom. The third kappa shape index (κ3) is 7.96. The van der Waals surface area contributed by atoms with Crippen LogP contribution in [0.25, 0.3) is 0 Å². The van der Waals surface area contributed by atoms with Gasteiger partial charge in [-0.1, -0.05) is 11.6 Å². The maximum atomic E-state index is 14.8. The summed E-state index contributed by atoms with van der Waals surface area (Å²) in [5.41, 5.74) is 0.807. The lowest BCUT2D eigenvalue weighted by atomic mass is 10.0. The van der Waals surface area contributed by atoms with E-state index in [4.69, 9.17) is 16.3 Å². The van der Waals surface area contributed by atoms with Crippen LogP contribution >= 0.6 is 11.6 Å². The number of nitrogens with one attached hydrogen (secondary N) is 1. The van der Waals surface area contributed by atoms with Crippen molar-refractivity contribution in [2.45, 2.75) is 50.6 Å². The van der Waals surface area contributed by atoms with Crippen LogP contribution in [-0.4, -0.2) is 51.0 Å². The van der Waals surface area contributed by atoms with Crippen LogP contribution in [-0.2, 0) is 16.6 Å². The van der Waals surface area contributed by atoms with Crippen molar-refractivity contribution >= 4 is 27.5 Å². The molecule has 1 saturated heterocycles. The molecule has 0 radical (unpaired) electrons. The molecule has 7 nitrogen and oxygen atoms in total. The fourth-order valence-corrected chi connectivity index (χ4v) is 5.07. The Hall–Kier alpha value is -2.57. The molecule has 1 heterocycles. The second-order valence-electron chi connectivity index (χ2n) is 9.31. The van der Waals surface area contributed by atoms with Crippen LogP contribution in [0.15, 0.2) is 30.3 Å². The highest BCUT2D eigenvalue weighted by Gasteiger charge is 2.33. The number of ether oxygens (including phenoxy) is 2.